The average molecular weight is 351 g/mol. The molecule has 1 aromatic rings. The van der Waals surface area contributed by atoms with Crippen LogP contribution in [0.4, 0.5) is 4.79 Å². The lowest BCUT2D eigenvalue weighted by Gasteiger charge is -2.30. The summed E-state index contributed by atoms with van der Waals surface area (Å²) >= 11 is 5.94. The summed E-state index contributed by atoms with van der Waals surface area (Å²) in [5.41, 5.74) is 0. The fourth-order valence-electron chi connectivity index (χ4n) is 1.95. The van der Waals surface area contributed by atoms with E-state index in [1.54, 1.807) is 0 Å². The van der Waals surface area contributed by atoms with Crippen molar-refractivity contribution >= 4 is 27.7 Å². The van der Waals surface area contributed by atoms with Crippen LogP contribution in [0.2, 0.25) is 5.02 Å². The van der Waals surface area contributed by atoms with Gasteiger partial charge in [0.25, 0.3) is 0 Å². The van der Waals surface area contributed by atoms with Crippen LogP contribution in [-0.4, -0.2) is 56.9 Å². The highest BCUT2D eigenvalue weighted by Crippen LogP contribution is 2.27. The van der Waals surface area contributed by atoms with Crippen LogP contribution in [0.15, 0.2) is 23.1 Å². The molecule has 22 heavy (non-hydrogen) atoms. The number of carboxylic acid groups (broad SMARTS) is 1. The summed E-state index contributed by atoms with van der Waals surface area (Å²) in [6.45, 7) is 0.897. The maximum atomic E-state index is 11.2. The predicted molar refractivity (Wildman–Crippen MR) is 77.7 cm³/mol. The molecule has 1 aliphatic heterocycles. The molecule has 0 spiro atoms. The van der Waals surface area contributed by atoms with Crippen molar-refractivity contribution in [3.05, 3.63) is 23.2 Å². The second kappa shape index (κ2) is 6.69. The molecule has 0 radical (unpaired) electrons. The molecular weight excluding hydrogens is 336 g/mol. The van der Waals surface area contributed by atoms with Crippen LogP contribution in [0.5, 0.6) is 5.75 Å². The molecular formula is C12H15ClN2O6S. The van der Waals surface area contributed by atoms with E-state index in [0.717, 1.165) is 0 Å². The molecule has 1 heterocycles. The quantitative estimate of drug-likeness (QED) is 0.826. The standard InChI is InChI=1S/C12H15ClN2O6S/c13-10-5-9(22(14,18)19)1-2-11(10)21-7-8-6-15(12(16)17)3-4-20-8/h1-2,5,8H,3-4,6-7H2,(H,16,17)(H2,14,18,19). The van der Waals surface area contributed by atoms with Crippen molar-refractivity contribution in [2.24, 2.45) is 5.14 Å². The lowest BCUT2D eigenvalue weighted by atomic mass is 10.3. The number of primary sulfonamides is 1. The topological polar surface area (TPSA) is 119 Å². The molecule has 1 amide bonds. The first-order valence-corrected chi connectivity index (χ1v) is 8.24. The molecule has 2 rings (SSSR count). The van der Waals surface area contributed by atoms with E-state index < -0.39 is 22.2 Å². The van der Waals surface area contributed by atoms with E-state index in [-0.39, 0.29) is 28.8 Å². The predicted octanol–water partition coefficient (Wildman–Crippen LogP) is 0.745. The van der Waals surface area contributed by atoms with E-state index in [4.69, 9.17) is 31.3 Å². The summed E-state index contributed by atoms with van der Waals surface area (Å²) < 4.78 is 33.3. The van der Waals surface area contributed by atoms with E-state index in [1.165, 1.54) is 23.1 Å². The van der Waals surface area contributed by atoms with E-state index in [0.29, 0.717) is 13.2 Å². The Morgan fingerprint density at radius 1 is 1.55 bits per heavy atom. The summed E-state index contributed by atoms with van der Waals surface area (Å²) in [4.78, 5) is 12.0. The highest BCUT2D eigenvalue weighted by molar-refractivity contribution is 7.89. The van der Waals surface area contributed by atoms with Crippen LogP contribution < -0.4 is 9.88 Å². The van der Waals surface area contributed by atoms with Crippen LogP contribution in [0.1, 0.15) is 0 Å². The first-order valence-electron chi connectivity index (χ1n) is 6.32. The maximum absolute atomic E-state index is 11.2. The first kappa shape index (κ1) is 16.8. The molecule has 1 atom stereocenters. The van der Waals surface area contributed by atoms with Gasteiger partial charge in [0.15, 0.2) is 0 Å². The molecule has 8 nitrogen and oxygen atoms in total. The molecule has 0 aliphatic carbocycles. The van der Waals surface area contributed by atoms with E-state index in [2.05, 4.69) is 0 Å². The fraction of sp³-hybridized carbons (Fsp3) is 0.417. The zero-order chi connectivity index (χ0) is 16.3. The number of halogens is 1. The van der Waals surface area contributed by atoms with Gasteiger partial charge in [-0.1, -0.05) is 11.6 Å². The van der Waals surface area contributed by atoms with Gasteiger partial charge < -0.3 is 19.5 Å². The van der Waals surface area contributed by atoms with E-state index >= 15 is 0 Å². The molecule has 1 aliphatic rings. The molecule has 10 heteroatoms. The molecule has 0 aromatic heterocycles. The summed E-state index contributed by atoms with van der Waals surface area (Å²) in [7, 11) is -3.83. The van der Waals surface area contributed by atoms with Gasteiger partial charge in [-0.3, -0.25) is 0 Å². The molecule has 1 aromatic carbocycles. The van der Waals surface area contributed by atoms with Gasteiger partial charge in [0.1, 0.15) is 18.5 Å². The van der Waals surface area contributed by atoms with Crippen LogP contribution >= 0.6 is 11.6 Å². The number of amides is 1. The van der Waals surface area contributed by atoms with Crippen LogP contribution in [-0.2, 0) is 14.8 Å². The van der Waals surface area contributed by atoms with Gasteiger partial charge in [-0.25, -0.2) is 18.4 Å². The minimum Gasteiger partial charge on any atom is -0.489 e. The van der Waals surface area contributed by atoms with Crippen LogP contribution in [0.25, 0.3) is 0 Å². The fourth-order valence-corrected chi connectivity index (χ4v) is 2.79. The average Bonchev–Trinajstić information content (AvgIpc) is 2.45. The SMILES string of the molecule is NS(=O)(=O)c1ccc(OCC2CN(C(=O)O)CCO2)c(Cl)c1. The van der Waals surface area contributed by atoms with Gasteiger partial charge in [-0.15, -0.1) is 0 Å². The number of carbonyl (C=O) groups is 1. The Bertz CT molecular complexity index is 666. The van der Waals surface area contributed by atoms with Crippen LogP contribution in [0, 0.1) is 0 Å². The van der Waals surface area contributed by atoms with E-state index in [1.807, 2.05) is 0 Å². The van der Waals surface area contributed by atoms with Crippen molar-refractivity contribution < 1.29 is 27.8 Å². The number of nitrogens with two attached hydrogens (primary N) is 1. The minimum absolute atomic E-state index is 0.0948. The lowest BCUT2D eigenvalue weighted by Crippen LogP contribution is -2.47. The molecule has 122 valence electrons. The van der Waals surface area contributed by atoms with Gasteiger partial charge in [-0.2, -0.15) is 0 Å². The largest absolute Gasteiger partial charge is 0.489 e. The highest BCUT2D eigenvalue weighted by atomic mass is 35.5. The smallest absolute Gasteiger partial charge is 0.407 e. The molecule has 0 bridgehead atoms. The molecule has 0 saturated carbocycles. The van der Waals surface area contributed by atoms with Crippen molar-refractivity contribution in [1.82, 2.24) is 4.90 Å². The number of rotatable bonds is 4. The third-order valence-electron chi connectivity index (χ3n) is 3.07. The van der Waals surface area contributed by atoms with Crippen molar-refractivity contribution in [2.75, 3.05) is 26.3 Å². The number of hydrogen-bond donors (Lipinski definition) is 2. The van der Waals surface area contributed by atoms with Crippen molar-refractivity contribution in [3.8, 4) is 5.75 Å². The van der Waals surface area contributed by atoms with Crippen molar-refractivity contribution in [3.63, 3.8) is 0 Å². The minimum atomic E-state index is -3.83. The second-order valence-corrected chi connectivity index (χ2v) is 6.64. The number of sulfonamides is 1. The van der Waals surface area contributed by atoms with Crippen molar-refractivity contribution in [2.45, 2.75) is 11.0 Å². The van der Waals surface area contributed by atoms with Gasteiger partial charge in [-0.05, 0) is 18.2 Å². The van der Waals surface area contributed by atoms with Gasteiger partial charge in [0.2, 0.25) is 10.0 Å². The second-order valence-electron chi connectivity index (χ2n) is 4.67. The van der Waals surface area contributed by atoms with Crippen LogP contribution in [0.3, 0.4) is 0 Å². The zero-order valence-electron chi connectivity index (χ0n) is 11.4. The number of nitrogens with zero attached hydrogens (tertiary/aromatic N) is 1. The third kappa shape index (κ3) is 4.23. The number of morpholine rings is 1. The zero-order valence-corrected chi connectivity index (χ0v) is 13.0. The monoisotopic (exact) mass is 350 g/mol. The summed E-state index contributed by atoms with van der Waals surface area (Å²) in [5, 5.41) is 14.0. The Hall–Kier alpha value is -1.55. The van der Waals surface area contributed by atoms with E-state index in [9.17, 15) is 13.2 Å². The van der Waals surface area contributed by atoms with Gasteiger partial charge >= 0.3 is 6.09 Å². The lowest BCUT2D eigenvalue weighted by molar-refractivity contribution is -0.0412. The highest BCUT2D eigenvalue weighted by Gasteiger charge is 2.24. The number of benzene rings is 1. The number of hydrogen-bond acceptors (Lipinski definition) is 5. The molecule has 1 fully saturated rings. The molecule has 1 saturated heterocycles. The Labute approximate surface area is 132 Å². The first-order chi connectivity index (χ1) is 10.3. The maximum Gasteiger partial charge on any atom is 0.407 e. The summed E-state index contributed by atoms with van der Waals surface area (Å²) in [6, 6.07) is 3.86. The van der Waals surface area contributed by atoms with Gasteiger partial charge in [0, 0.05) is 6.54 Å². The summed E-state index contributed by atoms with van der Waals surface area (Å²) in [5.74, 6) is 0.269. The van der Waals surface area contributed by atoms with Gasteiger partial charge in [0.05, 0.1) is 23.1 Å². The molecule has 1 unspecified atom stereocenters. The number of ether oxygens (including phenoxy) is 2. The van der Waals surface area contributed by atoms with Crippen molar-refractivity contribution in [1.29, 1.82) is 0 Å². The Morgan fingerprint density at radius 2 is 2.27 bits per heavy atom. The summed E-state index contributed by atoms with van der Waals surface area (Å²) in [6.07, 6.45) is -1.43. The third-order valence-corrected chi connectivity index (χ3v) is 4.27. The Kier molecular flexibility index (Phi) is 5.12. The molecule has 3 N–H and O–H groups in total. The normalized spacial score (nSPS) is 19.0. The Balaban J connectivity index is 1.98. The Morgan fingerprint density at radius 3 is 2.86 bits per heavy atom.